The van der Waals surface area contributed by atoms with Gasteiger partial charge in [0.2, 0.25) is 5.91 Å². The Labute approximate surface area is 189 Å². The normalized spacial score (nSPS) is 15.8. The third kappa shape index (κ3) is 4.61. The summed E-state index contributed by atoms with van der Waals surface area (Å²) >= 11 is 2.78. The van der Waals surface area contributed by atoms with Crippen LogP contribution in [-0.2, 0) is 29.1 Å². The average Bonchev–Trinajstić information content (AvgIpc) is 3.13. The first kappa shape index (κ1) is 21.8. The van der Waals surface area contributed by atoms with Crippen LogP contribution >= 0.6 is 23.1 Å². The summed E-state index contributed by atoms with van der Waals surface area (Å²) in [6, 6.07) is 9.30. The zero-order valence-electron chi connectivity index (χ0n) is 17.6. The second-order valence-electron chi connectivity index (χ2n) is 7.78. The highest BCUT2D eigenvalue weighted by Gasteiger charge is 2.28. The highest BCUT2D eigenvalue weighted by molar-refractivity contribution is 7.99. The van der Waals surface area contributed by atoms with Crippen LogP contribution in [0.5, 0.6) is 0 Å². The minimum absolute atomic E-state index is 0.0715. The number of carbonyl (C=O) groups is 1. The fourth-order valence-electron chi connectivity index (χ4n) is 3.62. The van der Waals surface area contributed by atoms with Crippen molar-refractivity contribution >= 4 is 44.9 Å². The number of thiophene rings is 1. The molecule has 4 rings (SSSR count). The van der Waals surface area contributed by atoms with E-state index in [2.05, 4.69) is 25.7 Å². The number of nitrogens with zero attached hydrogens (tertiary/aromatic N) is 2. The van der Waals surface area contributed by atoms with E-state index in [1.54, 1.807) is 10.6 Å². The van der Waals surface area contributed by atoms with E-state index >= 15 is 0 Å². The molecule has 0 radical (unpaired) electrons. The van der Waals surface area contributed by atoms with Crippen molar-refractivity contribution in [3.8, 4) is 0 Å². The number of hydrogen-bond acceptors (Lipinski definition) is 6. The van der Waals surface area contributed by atoms with E-state index in [0.717, 1.165) is 22.5 Å². The highest BCUT2D eigenvalue weighted by Crippen LogP contribution is 2.35. The number of thioether (sulfide) groups is 1. The van der Waals surface area contributed by atoms with Gasteiger partial charge in [0.25, 0.3) is 5.56 Å². The van der Waals surface area contributed by atoms with E-state index in [-0.39, 0.29) is 23.3 Å². The fourth-order valence-corrected chi connectivity index (χ4v) is 5.59. The lowest BCUT2D eigenvalue weighted by Crippen LogP contribution is -2.28. The molecule has 8 heteroatoms. The molecule has 0 spiro atoms. The van der Waals surface area contributed by atoms with Gasteiger partial charge in [-0.15, -0.1) is 17.9 Å². The first-order chi connectivity index (χ1) is 15.0. The molecule has 1 amide bonds. The Morgan fingerprint density at radius 1 is 1.42 bits per heavy atom. The van der Waals surface area contributed by atoms with E-state index in [4.69, 9.17) is 9.72 Å². The van der Waals surface area contributed by atoms with Crippen LogP contribution in [0.4, 0.5) is 5.69 Å². The number of nitrogens with one attached hydrogen (secondary N) is 1. The van der Waals surface area contributed by atoms with Crippen molar-refractivity contribution in [1.82, 2.24) is 9.55 Å². The van der Waals surface area contributed by atoms with Gasteiger partial charge in [-0.25, -0.2) is 4.98 Å². The van der Waals surface area contributed by atoms with Gasteiger partial charge in [-0.3, -0.25) is 14.2 Å². The molecule has 0 unspecified atom stereocenters. The number of para-hydroxylation sites is 1. The van der Waals surface area contributed by atoms with Crippen molar-refractivity contribution in [2.45, 2.75) is 44.7 Å². The summed E-state index contributed by atoms with van der Waals surface area (Å²) in [6.45, 7) is 8.91. The minimum atomic E-state index is -0.144. The number of aromatic nitrogens is 2. The van der Waals surface area contributed by atoms with E-state index in [9.17, 15) is 9.59 Å². The molecule has 0 saturated carbocycles. The van der Waals surface area contributed by atoms with Crippen molar-refractivity contribution in [3.63, 3.8) is 0 Å². The predicted octanol–water partition coefficient (Wildman–Crippen LogP) is 4.47. The maximum absolute atomic E-state index is 13.4. The molecule has 2 aromatic heterocycles. The van der Waals surface area contributed by atoms with Gasteiger partial charge >= 0.3 is 0 Å². The molecule has 0 saturated heterocycles. The van der Waals surface area contributed by atoms with Gasteiger partial charge < -0.3 is 10.1 Å². The van der Waals surface area contributed by atoms with Gasteiger partial charge in [-0.05, 0) is 23.6 Å². The number of allylic oxidation sites excluding steroid dienone is 1. The van der Waals surface area contributed by atoms with Crippen LogP contribution in [0.1, 0.15) is 24.3 Å². The quantitative estimate of drug-likeness (QED) is 0.323. The fraction of sp³-hybridized carbons (Fsp3) is 0.348. The molecule has 1 aliphatic heterocycles. The molecule has 162 valence electrons. The van der Waals surface area contributed by atoms with E-state index < -0.39 is 0 Å². The molecule has 31 heavy (non-hydrogen) atoms. The number of benzene rings is 1. The number of anilines is 1. The molecule has 3 aromatic rings. The Kier molecular flexibility index (Phi) is 6.60. The molecule has 0 aliphatic carbocycles. The molecule has 6 nitrogen and oxygen atoms in total. The van der Waals surface area contributed by atoms with Crippen molar-refractivity contribution < 1.29 is 9.53 Å². The molecule has 0 fully saturated rings. The third-order valence-corrected chi connectivity index (χ3v) is 7.31. The van der Waals surface area contributed by atoms with Gasteiger partial charge in [-0.2, -0.15) is 0 Å². The van der Waals surface area contributed by atoms with Crippen LogP contribution in [-0.4, -0.2) is 27.3 Å². The minimum Gasteiger partial charge on any atom is -0.372 e. The lowest BCUT2D eigenvalue weighted by Gasteiger charge is -2.26. The third-order valence-electron chi connectivity index (χ3n) is 5.24. The summed E-state index contributed by atoms with van der Waals surface area (Å²) in [7, 11) is 0. The van der Waals surface area contributed by atoms with Crippen LogP contribution in [0.25, 0.3) is 10.2 Å². The number of amides is 1. The largest absolute Gasteiger partial charge is 0.372 e. The Morgan fingerprint density at radius 3 is 2.90 bits per heavy atom. The second kappa shape index (κ2) is 9.38. The molecule has 3 heterocycles. The van der Waals surface area contributed by atoms with E-state index in [1.807, 2.05) is 30.3 Å². The summed E-state index contributed by atoms with van der Waals surface area (Å²) in [5.74, 6) is 0.395. The summed E-state index contributed by atoms with van der Waals surface area (Å²) in [4.78, 5) is 32.4. The SMILES string of the molecule is C=CCn1c(SCC(=O)Nc2ccccc2)nc2sc3c(c2c1=O)C[C@@H](C(C)C)OC3. The maximum atomic E-state index is 13.4. The Hall–Kier alpha value is -2.42. The van der Waals surface area contributed by atoms with Crippen LogP contribution in [0.3, 0.4) is 0 Å². The summed E-state index contributed by atoms with van der Waals surface area (Å²) in [5, 5.41) is 4.08. The molecule has 1 N–H and O–H groups in total. The first-order valence-electron chi connectivity index (χ1n) is 10.2. The molecule has 1 aliphatic rings. The standard InChI is InChI=1S/C23H25N3O3S2/c1-4-10-26-22(28)20-16-11-17(14(2)3)29-12-18(16)31-21(20)25-23(26)30-13-19(27)24-15-8-6-5-7-9-15/h4-9,14,17H,1,10-13H2,2-3H3,(H,24,27)/t17-/m0/s1. The molecule has 1 aromatic carbocycles. The van der Waals surface area contributed by atoms with Crippen LogP contribution in [0.15, 0.2) is 52.9 Å². The second-order valence-corrected chi connectivity index (χ2v) is 9.81. The first-order valence-corrected chi connectivity index (χ1v) is 12.0. The highest BCUT2D eigenvalue weighted by atomic mass is 32.2. The van der Waals surface area contributed by atoms with Crippen LogP contribution in [0.2, 0.25) is 0 Å². The summed E-state index contributed by atoms with van der Waals surface area (Å²) < 4.78 is 7.59. The number of hydrogen-bond donors (Lipinski definition) is 1. The lowest BCUT2D eigenvalue weighted by molar-refractivity contribution is -0.113. The summed E-state index contributed by atoms with van der Waals surface area (Å²) in [5.41, 5.74) is 1.74. The monoisotopic (exact) mass is 455 g/mol. The Balaban J connectivity index is 1.63. The van der Waals surface area contributed by atoms with E-state index in [1.165, 1.54) is 23.1 Å². The van der Waals surface area contributed by atoms with Gasteiger partial charge in [0, 0.05) is 23.5 Å². The van der Waals surface area contributed by atoms with Crippen LogP contribution in [0, 0.1) is 5.92 Å². The average molecular weight is 456 g/mol. The lowest BCUT2D eigenvalue weighted by atomic mass is 9.96. The topological polar surface area (TPSA) is 73.2 Å². The van der Waals surface area contributed by atoms with Gasteiger partial charge in [0.15, 0.2) is 5.16 Å². The van der Waals surface area contributed by atoms with E-state index in [0.29, 0.717) is 34.4 Å². The van der Waals surface area contributed by atoms with Gasteiger partial charge in [0.1, 0.15) is 4.83 Å². The predicted molar refractivity (Wildman–Crippen MR) is 127 cm³/mol. The molecular weight excluding hydrogens is 430 g/mol. The zero-order valence-corrected chi connectivity index (χ0v) is 19.2. The number of fused-ring (bicyclic) bond motifs is 3. The molecule has 0 bridgehead atoms. The molecular formula is C23H25N3O3S2. The maximum Gasteiger partial charge on any atom is 0.263 e. The Bertz CT molecular complexity index is 1170. The van der Waals surface area contributed by atoms with Crippen molar-refractivity contribution in [2.24, 2.45) is 5.92 Å². The van der Waals surface area contributed by atoms with Gasteiger partial charge in [0.05, 0.1) is 23.8 Å². The summed E-state index contributed by atoms with van der Waals surface area (Å²) in [6.07, 6.45) is 2.51. The smallest absolute Gasteiger partial charge is 0.263 e. The zero-order chi connectivity index (χ0) is 22.0. The molecule has 1 atom stereocenters. The van der Waals surface area contributed by atoms with Gasteiger partial charge in [-0.1, -0.05) is 49.9 Å². The van der Waals surface area contributed by atoms with Crippen molar-refractivity contribution in [3.05, 3.63) is 63.8 Å². The number of rotatable bonds is 7. The number of ether oxygens (including phenoxy) is 1. The van der Waals surface area contributed by atoms with Crippen molar-refractivity contribution in [1.29, 1.82) is 0 Å². The Morgan fingerprint density at radius 2 is 2.19 bits per heavy atom. The number of carbonyl (C=O) groups excluding carboxylic acids is 1. The van der Waals surface area contributed by atoms with Crippen LogP contribution < -0.4 is 10.9 Å². The van der Waals surface area contributed by atoms with Crippen molar-refractivity contribution in [2.75, 3.05) is 11.1 Å².